The third kappa shape index (κ3) is 10.9. The van der Waals surface area contributed by atoms with Crippen molar-refractivity contribution in [2.75, 3.05) is 26.8 Å². The van der Waals surface area contributed by atoms with Gasteiger partial charge in [0.25, 0.3) is 0 Å². The van der Waals surface area contributed by atoms with Gasteiger partial charge < -0.3 is 42.6 Å². The number of rotatable bonds is 20. The lowest BCUT2D eigenvalue weighted by Crippen LogP contribution is -2.57. The van der Waals surface area contributed by atoms with Gasteiger partial charge in [-0.15, -0.1) is 12.6 Å². The number of carbonyl (C=O) groups excluding carboxylic acids is 3. The summed E-state index contributed by atoms with van der Waals surface area (Å²) < 4.78 is 0. The first-order valence-electron chi connectivity index (χ1n) is 15.9. The van der Waals surface area contributed by atoms with Crippen LogP contribution in [-0.2, 0) is 27.3 Å². The predicted molar refractivity (Wildman–Crippen MR) is 187 cm³/mol. The van der Waals surface area contributed by atoms with Crippen LogP contribution in [0.15, 0.2) is 71.9 Å². The van der Waals surface area contributed by atoms with Gasteiger partial charge in [0.1, 0.15) is 12.1 Å². The van der Waals surface area contributed by atoms with Crippen LogP contribution in [0.2, 0.25) is 0 Å². The molecule has 0 fully saturated rings. The molecule has 3 rings (SSSR count). The minimum Gasteiger partial charge on any atom is -0.374 e. The Morgan fingerprint density at radius 2 is 1.65 bits per heavy atom. The van der Waals surface area contributed by atoms with Crippen LogP contribution < -0.4 is 32.7 Å². The molecule has 3 amide bonds. The molecule has 0 bridgehead atoms. The van der Waals surface area contributed by atoms with Crippen molar-refractivity contribution in [1.82, 2.24) is 31.2 Å². The quantitative estimate of drug-likeness (QED) is 0.0528. The lowest BCUT2D eigenvalue weighted by atomic mass is 10.0. The normalized spacial score (nSPS) is 13.3. The molecule has 0 aliphatic carbocycles. The number of nitrogens with one attached hydrogen (secondary N) is 5. The first-order chi connectivity index (χ1) is 22.3. The van der Waals surface area contributed by atoms with E-state index in [1.165, 1.54) is 4.90 Å². The highest BCUT2D eigenvalue weighted by molar-refractivity contribution is 7.80. The Balaban J connectivity index is 1.83. The van der Waals surface area contributed by atoms with Crippen molar-refractivity contribution >= 4 is 41.3 Å². The summed E-state index contributed by atoms with van der Waals surface area (Å²) in [5.41, 5.74) is 14.4. The molecule has 1 aromatic heterocycles. The molecule has 3 aromatic rings. The molecular formula is C34H50N8O3S. The number of benzene rings is 2. The molecule has 0 saturated heterocycles. The first-order valence-corrected chi connectivity index (χ1v) is 16.4. The molecule has 12 heteroatoms. The summed E-state index contributed by atoms with van der Waals surface area (Å²) in [7, 11) is 1.62. The molecule has 3 atom stereocenters. The Hall–Kier alpha value is -3.84. The van der Waals surface area contributed by atoms with Crippen molar-refractivity contribution < 1.29 is 14.4 Å². The minimum atomic E-state index is -0.845. The van der Waals surface area contributed by atoms with Crippen LogP contribution in [0.1, 0.15) is 50.2 Å². The number of thiol groups is 1. The predicted octanol–water partition coefficient (Wildman–Crippen LogP) is 2.53. The lowest BCUT2D eigenvalue weighted by molar-refractivity contribution is -0.142. The monoisotopic (exact) mass is 650 g/mol. The molecule has 11 nitrogen and oxygen atoms in total. The number of nitrogens with zero attached hydrogens (tertiary/aromatic N) is 1. The number of aromatic nitrogens is 1. The molecular weight excluding hydrogens is 600 g/mol. The van der Waals surface area contributed by atoms with Gasteiger partial charge >= 0.3 is 0 Å². The van der Waals surface area contributed by atoms with E-state index in [0.717, 1.165) is 26.9 Å². The molecule has 2 aromatic carbocycles. The number of hydrogen-bond donors (Lipinski definition) is 8. The summed E-state index contributed by atoms with van der Waals surface area (Å²) in [6.45, 7) is 3.41. The van der Waals surface area contributed by atoms with Crippen LogP contribution in [0, 0.1) is 0 Å². The molecule has 0 spiro atoms. The molecule has 0 aliphatic heterocycles. The van der Waals surface area contributed by atoms with Crippen molar-refractivity contribution in [2.45, 2.75) is 75.0 Å². The zero-order valence-corrected chi connectivity index (χ0v) is 27.8. The summed E-state index contributed by atoms with van der Waals surface area (Å²) in [5, 5.41) is 13.2. The van der Waals surface area contributed by atoms with Crippen LogP contribution >= 0.6 is 12.6 Å². The van der Waals surface area contributed by atoms with E-state index in [2.05, 4.69) is 38.9 Å². The molecule has 46 heavy (non-hydrogen) atoms. The van der Waals surface area contributed by atoms with Gasteiger partial charge in [-0.3, -0.25) is 14.4 Å². The first kappa shape index (κ1) is 36.6. The largest absolute Gasteiger partial charge is 0.374 e. The van der Waals surface area contributed by atoms with E-state index in [-0.39, 0.29) is 30.8 Å². The molecule has 0 aliphatic rings. The molecule has 0 saturated carbocycles. The van der Waals surface area contributed by atoms with Crippen molar-refractivity contribution in [1.29, 1.82) is 0 Å². The number of likely N-dealkylation sites (N-methyl/N-ethyl adjacent to an activating group) is 1. The summed E-state index contributed by atoms with van der Waals surface area (Å²) in [4.78, 5) is 47.0. The van der Waals surface area contributed by atoms with Crippen LogP contribution in [0.4, 0.5) is 0 Å². The lowest BCUT2D eigenvalue weighted by Gasteiger charge is -2.32. The smallest absolute Gasteiger partial charge is 0.245 e. The number of hydrogen-bond acceptors (Lipinski definition) is 8. The van der Waals surface area contributed by atoms with E-state index in [1.54, 1.807) is 13.2 Å². The van der Waals surface area contributed by atoms with Gasteiger partial charge in [-0.25, -0.2) is 0 Å². The maximum atomic E-state index is 14.2. The van der Waals surface area contributed by atoms with Crippen LogP contribution in [-0.4, -0.2) is 72.5 Å². The van der Waals surface area contributed by atoms with Crippen molar-refractivity contribution in [3.63, 3.8) is 0 Å². The van der Waals surface area contributed by atoms with Crippen LogP contribution in [0.25, 0.3) is 10.9 Å². The number of aromatic amines is 1. The number of carbonyl (C=O) groups is 3. The highest BCUT2D eigenvalue weighted by Crippen LogP contribution is 2.21. The Labute approximate surface area is 277 Å². The highest BCUT2D eigenvalue weighted by Gasteiger charge is 2.33. The van der Waals surface area contributed by atoms with E-state index < -0.39 is 18.1 Å². The molecule has 9 N–H and O–H groups in total. The molecule has 0 unspecified atom stereocenters. The Bertz CT molecular complexity index is 1430. The number of H-pyrrole nitrogens is 1. The average molecular weight is 651 g/mol. The standard InChI is InChI=1S/C34H50N8O3S/c1-3-19-37-23-40-33(44)30(20-25-22-38-27-13-6-5-12-26(25)27)42(2)34(45)29(14-8-9-17-35)41-32(43)28(15-10-18-36)39-21-24-11-4-7-16-31(24)46/h3-7,11-13,16,19,22,28-30,37-39,46H,8-10,14-15,17-18,20-21,23,35-36H2,1-2H3,(H,40,44)(H,41,43)/b19-3-/t28-,29-,30-/m0/s1. The number of allylic oxidation sites excluding steroid dienone is 1. The van der Waals surface area contributed by atoms with E-state index >= 15 is 0 Å². The number of para-hydroxylation sites is 1. The van der Waals surface area contributed by atoms with Gasteiger partial charge in [0, 0.05) is 42.0 Å². The van der Waals surface area contributed by atoms with Crippen LogP contribution in [0.3, 0.4) is 0 Å². The van der Waals surface area contributed by atoms with Crippen molar-refractivity contribution in [3.05, 3.63) is 78.1 Å². The molecule has 1 heterocycles. The Morgan fingerprint density at radius 1 is 0.935 bits per heavy atom. The van der Waals surface area contributed by atoms with Gasteiger partial charge in [0.15, 0.2) is 0 Å². The van der Waals surface area contributed by atoms with E-state index in [1.807, 2.05) is 67.7 Å². The summed E-state index contributed by atoms with van der Waals surface area (Å²) in [6, 6.07) is 13.3. The van der Waals surface area contributed by atoms with Crippen molar-refractivity contribution in [2.24, 2.45) is 11.5 Å². The zero-order valence-electron chi connectivity index (χ0n) is 26.9. The fraction of sp³-hybridized carbons (Fsp3) is 0.441. The third-order valence-corrected chi connectivity index (χ3v) is 8.40. The average Bonchev–Trinajstić information content (AvgIpc) is 3.48. The summed E-state index contributed by atoms with van der Waals surface area (Å²) >= 11 is 4.53. The third-order valence-electron chi connectivity index (χ3n) is 7.96. The van der Waals surface area contributed by atoms with E-state index in [4.69, 9.17) is 11.5 Å². The minimum absolute atomic E-state index is 0.205. The zero-order chi connectivity index (χ0) is 33.3. The van der Waals surface area contributed by atoms with Crippen LogP contribution in [0.5, 0.6) is 0 Å². The SMILES string of the molecule is C/C=C\NCNC(=O)[C@H](Cc1c[nH]c2ccccc12)N(C)C(=O)[C@H](CCCCN)NC(=O)[C@H](CCCN)NCc1ccccc1S. The Morgan fingerprint density at radius 3 is 2.39 bits per heavy atom. The van der Waals surface area contributed by atoms with Crippen molar-refractivity contribution in [3.8, 4) is 0 Å². The summed E-state index contributed by atoms with van der Waals surface area (Å²) in [6.07, 6.45) is 8.58. The van der Waals surface area contributed by atoms with Gasteiger partial charge in [0.05, 0.1) is 12.7 Å². The van der Waals surface area contributed by atoms with Gasteiger partial charge in [0.2, 0.25) is 17.7 Å². The number of fused-ring (bicyclic) bond motifs is 1. The molecule has 0 radical (unpaired) electrons. The van der Waals surface area contributed by atoms with Gasteiger partial charge in [-0.05, 0) is 81.6 Å². The second-order valence-electron chi connectivity index (χ2n) is 11.3. The van der Waals surface area contributed by atoms with E-state index in [9.17, 15) is 14.4 Å². The number of nitrogens with two attached hydrogens (primary N) is 2. The van der Waals surface area contributed by atoms with Gasteiger partial charge in [-0.1, -0.05) is 42.5 Å². The number of amides is 3. The molecule has 250 valence electrons. The summed E-state index contributed by atoms with van der Waals surface area (Å²) in [5.74, 6) is -0.944. The maximum Gasteiger partial charge on any atom is 0.245 e. The van der Waals surface area contributed by atoms with E-state index in [0.29, 0.717) is 51.7 Å². The topological polar surface area (TPSA) is 170 Å². The highest BCUT2D eigenvalue weighted by atomic mass is 32.1. The maximum absolute atomic E-state index is 14.2. The fourth-order valence-electron chi connectivity index (χ4n) is 5.31. The second kappa shape index (κ2) is 19.6. The fourth-order valence-corrected chi connectivity index (χ4v) is 5.55. The van der Waals surface area contributed by atoms with Gasteiger partial charge in [-0.2, -0.15) is 0 Å². The number of unbranched alkanes of at least 4 members (excludes halogenated alkanes) is 1. The Kier molecular flexibility index (Phi) is 15.6. The second-order valence-corrected chi connectivity index (χ2v) is 11.8.